The Bertz CT molecular complexity index is 1450. The normalized spacial score (nSPS) is 11.9. The molecule has 0 aliphatic rings. The number of fused-ring (bicyclic) bond motifs is 1. The number of benzene rings is 2. The predicted molar refractivity (Wildman–Crippen MR) is 129 cm³/mol. The summed E-state index contributed by atoms with van der Waals surface area (Å²) in [5.41, 5.74) is 0.588. The first-order valence-electron chi connectivity index (χ1n) is 10.7. The zero-order chi connectivity index (χ0) is 24.4. The molecule has 0 saturated carbocycles. The highest BCUT2D eigenvalue weighted by molar-refractivity contribution is 6.06. The SMILES string of the molecule is CCC(=N)c1c(NC)ncnc1NC(C)c1oc2cccc(F)c2c(=O)c1-c1cccc(F)c1. The van der Waals surface area contributed by atoms with Gasteiger partial charge in [-0.2, -0.15) is 0 Å². The first-order chi connectivity index (χ1) is 16.3. The van der Waals surface area contributed by atoms with Crippen molar-refractivity contribution in [3.05, 3.63) is 82.0 Å². The maximum Gasteiger partial charge on any atom is 0.203 e. The molecule has 0 aliphatic carbocycles. The van der Waals surface area contributed by atoms with Gasteiger partial charge >= 0.3 is 0 Å². The monoisotopic (exact) mass is 463 g/mol. The lowest BCUT2D eigenvalue weighted by molar-refractivity contribution is 0.512. The van der Waals surface area contributed by atoms with Gasteiger partial charge < -0.3 is 20.5 Å². The minimum absolute atomic E-state index is 0.0483. The number of nitrogens with one attached hydrogen (secondary N) is 3. The van der Waals surface area contributed by atoms with Crippen LogP contribution < -0.4 is 16.1 Å². The number of halogens is 2. The molecule has 7 nitrogen and oxygen atoms in total. The first kappa shape index (κ1) is 23.0. The molecule has 2 aromatic carbocycles. The second-order valence-corrected chi connectivity index (χ2v) is 7.69. The maximum atomic E-state index is 14.6. The van der Waals surface area contributed by atoms with Crippen LogP contribution in [0.25, 0.3) is 22.1 Å². The van der Waals surface area contributed by atoms with Gasteiger partial charge in [0.25, 0.3) is 0 Å². The van der Waals surface area contributed by atoms with E-state index < -0.39 is 23.1 Å². The fourth-order valence-corrected chi connectivity index (χ4v) is 3.86. The molecule has 1 unspecified atom stereocenters. The third-order valence-corrected chi connectivity index (χ3v) is 5.50. The van der Waals surface area contributed by atoms with Crippen molar-refractivity contribution in [1.82, 2.24) is 9.97 Å². The number of aromatic nitrogens is 2. The van der Waals surface area contributed by atoms with Gasteiger partial charge in [0.1, 0.15) is 46.3 Å². The average molecular weight is 463 g/mol. The van der Waals surface area contributed by atoms with Crippen molar-refractivity contribution >= 4 is 28.3 Å². The van der Waals surface area contributed by atoms with Gasteiger partial charge in [-0.25, -0.2) is 18.7 Å². The molecule has 0 amide bonds. The van der Waals surface area contributed by atoms with Crippen LogP contribution in [0.5, 0.6) is 0 Å². The Balaban J connectivity index is 1.92. The molecule has 0 aliphatic heterocycles. The zero-order valence-corrected chi connectivity index (χ0v) is 18.9. The summed E-state index contributed by atoms with van der Waals surface area (Å²) in [4.78, 5) is 21.9. The minimum atomic E-state index is -0.718. The van der Waals surface area contributed by atoms with Gasteiger partial charge in [-0.15, -0.1) is 0 Å². The molecule has 4 rings (SSSR count). The highest BCUT2D eigenvalue weighted by Crippen LogP contribution is 2.33. The van der Waals surface area contributed by atoms with E-state index in [1.165, 1.54) is 42.7 Å². The van der Waals surface area contributed by atoms with Crippen molar-refractivity contribution in [2.75, 3.05) is 17.7 Å². The van der Waals surface area contributed by atoms with E-state index in [1.54, 1.807) is 20.0 Å². The molecule has 0 radical (unpaired) electrons. The van der Waals surface area contributed by atoms with Crippen LogP contribution in [0.4, 0.5) is 20.4 Å². The Morgan fingerprint density at radius 3 is 2.59 bits per heavy atom. The molecule has 1 atom stereocenters. The van der Waals surface area contributed by atoms with E-state index in [1.807, 2.05) is 6.92 Å². The fraction of sp³-hybridized carbons (Fsp3) is 0.200. The van der Waals surface area contributed by atoms with Crippen LogP contribution in [0, 0.1) is 17.0 Å². The van der Waals surface area contributed by atoms with Gasteiger partial charge in [0.2, 0.25) is 5.43 Å². The summed E-state index contributed by atoms with van der Waals surface area (Å²) in [5.74, 6) is -0.225. The summed E-state index contributed by atoms with van der Waals surface area (Å²) in [6, 6.07) is 9.00. The van der Waals surface area contributed by atoms with E-state index in [2.05, 4.69) is 20.6 Å². The smallest absolute Gasteiger partial charge is 0.203 e. The molecule has 0 saturated heterocycles. The van der Waals surface area contributed by atoms with Gasteiger partial charge in [-0.05, 0) is 43.2 Å². The summed E-state index contributed by atoms with van der Waals surface area (Å²) >= 11 is 0. The summed E-state index contributed by atoms with van der Waals surface area (Å²) in [7, 11) is 1.70. The lowest BCUT2D eigenvalue weighted by atomic mass is 9.98. The van der Waals surface area contributed by atoms with Crippen LogP contribution in [-0.2, 0) is 0 Å². The molecular weight excluding hydrogens is 440 g/mol. The molecule has 34 heavy (non-hydrogen) atoms. The Labute approximate surface area is 194 Å². The molecule has 9 heteroatoms. The topological polar surface area (TPSA) is 104 Å². The Morgan fingerprint density at radius 2 is 1.88 bits per heavy atom. The Hall–Kier alpha value is -4.14. The number of hydrogen-bond acceptors (Lipinski definition) is 7. The van der Waals surface area contributed by atoms with Crippen LogP contribution >= 0.6 is 0 Å². The summed E-state index contributed by atoms with van der Waals surface area (Å²) in [6.07, 6.45) is 1.80. The quantitative estimate of drug-likeness (QED) is 0.312. The van der Waals surface area contributed by atoms with Gasteiger partial charge in [0.05, 0.1) is 17.2 Å². The molecule has 2 heterocycles. The standard InChI is InChI=1S/C25H23F2N5O2/c1-4-17(28)21-24(29-3)30-12-31-25(21)32-13(2)23-19(14-7-5-8-15(26)11-14)22(33)20-16(27)9-6-10-18(20)34-23/h5-13,28H,4H2,1-3H3,(H2,29,30,31,32). The minimum Gasteiger partial charge on any atom is -0.458 e. The molecule has 174 valence electrons. The summed E-state index contributed by atoms with van der Waals surface area (Å²) in [5, 5.41) is 14.3. The number of nitrogens with zero attached hydrogens (tertiary/aromatic N) is 2. The van der Waals surface area contributed by atoms with Crippen molar-refractivity contribution in [2.24, 2.45) is 0 Å². The van der Waals surface area contributed by atoms with E-state index in [-0.39, 0.29) is 27.9 Å². The first-order valence-corrected chi connectivity index (χ1v) is 10.7. The lowest BCUT2D eigenvalue weighted by Crippen LogP contribution is -2.18. The predicted octanol–water partition coefficient (Wildman–Crippen LogP) is 5.52. The van der Waals surface area contributed by atoms with Crippen molar-refractivity contribution in [3.63, 3.8) is 0 Å². The third kappa shape index (κ3) is 4.12. The lowest BCUT2D eigenvalue weighted by Gasteiger charge is -2.20. The molecule has 0 fully saturated rings. The second-order valence-electron chi connectivity index (χ2n) is 7.69. The molecule has 2 aromatic heterocycles. The highest BCUT2D eigenvalue weighted by atomic mass is 19.1. The van der Waals surface area contributed by atoms with Crippen molar-refractivity contribution in [1.29, 1.82) is 5.41 Å². The molecule has 0 spiro atoms. The highest BCUT2D eigenvalue weighted by Gasteiger charge is 2.25. The van der Waals surface area contributed by atoms with E-state index in [0.717, 1.165) is 0 Å². The second kappa shape index (κ2) is 9.38. The van der Waals surface area contributed by atoms with E-state index in [0.29, 0.717) is 29.3 Å². The largest absolute Gasteiger partial charge is 0.458 e. The Kier molecular flexibility index (Phi) is 6.36. The summed E-state index contributed by atoms with van der Waals surface area (Å²) in [6.45, 7) is 3.59. The molecule has 0 bridgehead atoms. The van der Waals surface area contributed by atoms with Gasteiger partial charge in [0.15, 0.2) is 0 Å². The number of rotatable bonds is 7. The Morgan fingerprint density at radius 1 is 1.15 bits per heavy atom. The van der Waals surface area contributed by atoms with Gasteiger partial charge in [0, 0.05) is 12.8 Å². The van der Waals surface area contributed by atoms with Crippen molar-refractivity contribution in [3.8, 4) is 11.1 Å². The van der Waals surface area contributed by atoms with Crippen LogP contribution in [0.15, 0.2) is 58.0 Å². The molecule has 4 aromatic rings. The maximum absolute atomic E-state index is 14.6. The third-order valence-electron chi connectivity index (χ3n) is 5.50. The van der Waals surface area contributed by atoms with Crippen LogP contribution in [0.1, 0.15) is 37.6 Å². The van der Waals surface area contributed by atoms with Gasteiger partial charge in [-0.1, -0.05) is 25.1 Å². The van der Waals surface area contributed by atoms with Crippen molar-refractivity contribution in [2.45, 2.75) is 26.3 Å². The van der Waals surface area contributed by atoms with E-state index in [4.69, 9.17) is 9.83 Å². The van der Waals surface area contributed by atoms with Crippen LogP contribution in [0.3, 0.4) is 0 Å². The van der Waals surface area contributed by atoms with Gasteiger partial charge in [-0.3, -0.25) is 4.79 Å². The number of anilines is 2. The zero-order valence-electron chi connectivity index (χ0n) is 18.9. The summed E-state index contributed by atoms with van der Waals surface area (Å²) < 4.78 is 34.6. The van der Waals surface area contributed by atoms with E-state index >= 15 is 0 Å². The fourth-order valence-electron chi connectivity index (χ4n) is 3.86. The molecule has 3 N–H and O–H groups in total. The van der Waals surface area contributed by atoms with E-state index in [9.17, 15) is 13.6 Å². The number of hydrogen-bond donors (Lipinski definition) is 3. The average Bonchev–Trinajstić information content (AvgIpc) is 2.83. The van der Waals surface area contributed by atoms with Crippen LogP contribution in [0.2, 0.25) is 0 Å². The van der Waals surface area contributed by atoms with Crippen LogP contribution in [-0.4, -0.2) is 22.7 Å². The van der Waals surface area contributed by atoms with Crippen molar-refractivity contribution < 1.29 is 13.2 Å². The molecular formula is C25H23F2N5O2.